The predicted molar refractivity (Wildman–Crippen MR) is 76.3 cm³/mol. The number of ether oxygens (including phenoxy) is 1. The third-order valence-corrected chi connectivity index (χ3v) is 4.48. The van der Waals surface area contributed by atoms with Gasteiger partial charge in [0.15, 0.2) is 0 Å². The molecule has 0 aliphatic heterocycles. The van der Waals surface area contributed by atoms with Crippen LogP contribution in [-0.2, 0) is 10.8 Å². The van der Waals surface area contributed by atoms with Crippen molar-refractivity contribution < 1.29 is 8.95 Å². The van der Waals surface area contributed by atoms with Crippen molar-refractivity contribution in [2.75, 3.05) is 19.4 Å². The summed E-state index contributed by atoms with van der Waals surface area (Å²) in [5.41, 5.74) is 5.82. The van der Waals surface area contributed by atoms with Crippen LogP contribution < -0.4 is 10.5 Å². The summed E-state index contributed by atoms with van der Waals surface area (Å²) in [6.07, 6.45) is 1.92. The van der Waals surface area contributed by atoms with Crippen LogP contribution >= 0.6 is 0 Å². The van der Waals surface area contributed by atoms with Gasteiger partial charge in [-0.2, -0.15) is 0 Å². The minimum absolute atomic E-state index is 0.137. The predicted octanol–water partition coefficient (Wildman–Crippen LogP) is 2.57. The van der Waals surface area contributed by atoms with E-state index >= 15 is 0 Å². The highest BCUT2D eigenvalue weighted by Gasteiger charge is 2.15. The first-order valence-electron chi connectivity index (χ1n) is 6.21. The van der Waals surface area contributed by atoms with E-state index < -0.39 is 10.8 Å². The van der Waals surface area contributed by atoms with Gasteiger partial charge in [0, 0.05) is 10.6 Å². The van der Waals surface area contributed by atoms with E-state index in [-0.39, 0.29) is 5.41 Å². The van der Waals surface area contributed by atoms with Crippen molar-refractivity contribution >= 4 is 10.8 Å². The molecule has 0 amide bonds. The average Bonchev–Trinajstić information content (AvgIpc) is 2.38. The van der Waals surface area contributed by atoms with Crippen LogP contribution in [0.2, 0.25) is 0 Å². The van der Waals surface area contributed by atoms with E-state index in [9.17, 15) is 4.21 Å². The molecule has 1 rings (SSSR count). The number of benzene rings is 1. The van der Waals surface area contributed by atoms with Gasteiger partial charge >= 0.3 is 0 Å². The van der Waals surface area contributed by atoms with Crippen LogP contribution in [-0.4, -0.2) is 23.6 Å². The quantitative estimate of drug-likeness (QED) is 0.827. The van der Waals surface area contributed by atoms with Crippen LogP contribution in [0.5, 0.6) is 5.75 Å². The molecule has 0 saturated carbocycles. The maximum Gasteiger partial charge on any atom is 0.120 e. The maximum absolute atomic E-state index is 12.1. The topological polar surface area (TPSA) is 52.3 Å². The van der Waals surface area contributed by atoms with E-state index in [1.54, 1.807) is 7.11 Å². The minimum Gasteiger partial charge on any atom is -0.497 e. The second-order valence-electron chi connectivity index (χ2n) is 5.20. The summed E-state index contributed by atoms with van der Waals surface area (Å²) in [6.45, 7) is 4.95. The fraction of sp³-hybridized carbons (Fsp3) is 0.571. The lowest BCUT2D eigenvalue weighted by molar-refractivity contribution is 0.344. The van der Waals surface area contributed by atoms with E-state index in [0.29, 0.717) is 12.3 Å². The van der Waals surface area contributed by atoms with Crippen molar-refractivity contribution in [1.29, 1.82) is 0 Å². The lowest BCUT2D eigenvalue weighted by atomic mass is 9.88. The third-order valence-electron chi connectivity index (χ3n) is 3.04. The molecule has 0 aromatic heterocycles. The van der Waals surface area contributed by atoms with Gasteiger partial charge in [-0.25, -0.2) is 0 Å². The molecule has 18 heavy (non-hydrogen) atoms. The zero-order valence-corrected chi connectivity index (χ0v) is 12.3. The largest absolute Gasteiger partial charge is 0.497 e. The maximum atomic E-state index is 12.1. The molecule has 0 radical (unpaired) electrons. The summed E-state index contributed by atoms with van der Waals surface area (Å²) in [5.74, 6) is 1.43. The normalized spacial score (nSPS) is 13.3. The first kappa shape index (κ1) is 15.2. The Kier molecular flexibility index (Phi) is 5.82. The fourth-order valence-electron chi connectivity index (χ4n) is 1.64. The number of rotatable bonds is 7. The summed E-state index contributed by atoms with van der Waals surface area (Å²) in [4.78, 5) is 0.833. The number of methoxy groups -OCH3 is 1. The first-order valence-corrected chi connectivity index (χ1v) is 7.53. The van der Waals surface area contributed by atoms with Gasteiger partial charge in [0.05, 0.1) is 17.9 Å². The molecule has 1 unspecified atom stereocenters. The van der Waals surface area contributed by atoms with Gasteiger partial charge in [0.2, 0.25) is 0 Å². The number of hydrogen-bond donors (Lipinski definition) is 1. The van der Waals surface area contributed by atoms with Gasteiger partial charge in [0.1, 0.15) is 5.75 Å². The Morgan fingerprint density at radius 3 is 2.72 bits per heavy atom. The summed E-state index contributed by atoms with van der Waals surface area (Å²) in [5, 5.41) is 0. The van der Waals surface area contributed by atoms with Crippen molar-refractivity contribution in [3.05, 3.63) is 24.3 Å². The number of nitrogens with two attached hydrogens (primary N) is 1. The Bertz CT molecular complexity index is 405. The van der Waals surface area contributed by atoms with E-state index in [1.165, 1.54) is 0 Å². The Morgan fingerprint density at radius 2 is 2.11 bits per heavy atom. The molecule has 102 valence electrons. The Balaban J connectivity index is 2.50. The van der Waals surface area contributed by atoms with Gasteiger partial charge in [-0.3, -0.25) is 4.21 Å². The molecule has 3 nitrogen and oxygen atoms in total. The lowest BCUT2D eigenvalue weighted by Crippen LogP contribution is -2.23. The lowest BCUT2D eigenvalue weighted by Gasteiger charge is -2.21. The molecular formula is C14H23NO2S. The first-order chi connectivity index (χ1) is 8.48. The van der Waals surface area contributed by atoms with Crippen LogP contribution in [0, 0.1) is 5.41 Å². The summed E-state index contributed by atoms with van der Waals surface area (Å²) in [7, 11) is 0.664. The van der Waals surface area contributed by atoms with E-state index in [2.05, 4.69) is 13.8 Å². The molecule has 0 aliphatic rings. The van der Waals surface area contributed by atoms with Crippen LogP contribution in [0.1, 0.15) is 26.7 Å². The van der Waals surface area contributed by atoms with Gasteiger partial charge < -0.3 is 10.5 Å². The average molecular weight is 269 g/mol. The van der Waals surface area contributed by atoms with Gasteiger partial charge in [-0.15, -0.1) is 0 Å². The van der Waals surface area contributed by atoms with Crippen LogP contribution in [0.15, 0.2) is 29.2 Å². The van der Waals surface area contributed by atoms with Crippen LogP contribution in [0.4, 0.5) is 0 Å². The molecule has 0 bridgehead atoms. The van der Waals surface area contributed by atoms with Gasteiger partial charge in [-0.1, -0.05) is 19.9 Å². The minimum atomic E-state index is -0.953. The Hall–Kier alpha value is -0.870. The van der Waals surface area contributed by atoms with Crippen molar-refractivity contribution in [1.82, 2.24) is 0 Å². The van der Waals surface area contributed by atoms with E-state index in [0.717, 1.165) is 23.5 Å². The zero-order chi connectivity index (χ0) is 13.6. The van der Waals surface area contributed by atoms with Gasteiger partial charge in [-0.05, 0) is 43.0 Å². The third kappa shape index (κ3) is 4.78. The molecule has 1 aromatic rings. The van der Waals surface area contributed by atoms with E-state index in [1.807, 2.05) is 24.3 Å². The Labute approximate surface area is 112 Å². The van der Waals surface area contributed by atoms with Crippen molar-refractivity contribution in [2.45, 2.75) is 31.6 Å². The summed E-state index contributed by atoms with van der Waals surface area (Å²) < 4.78 is 17.2. The highest BCUT2D eigenvalue weighted by atomic mass is 32.2. The molecule has 4 heteroatoms. The molecular weight excluding hydrogens is 246 g/mol. The molecule has 0 fully saturated rings. The molecule has 0 spiro atoms. The molecule has 0 saturated heterocycles. The standard InChI is InChI=1S/C14H23NO2S/c1-14(2,11-15)8-5-9-18(16)13-7-4-6-12(10-13)17-3/h4,6-7,10H,5,8-9,11,15H2,1-3H3. The highest BCUT2D eigenvalue weighted by molar-refractivity contribution is 7.85. The Morgan fingerprint density at radius 1 is 1.39 bits per heavy atom. The molecule has 0 heterocycles. The van der Waals surface area contributed by atoms with Crippen molar-refractivity contribution in [3.63, 3.8) is 0 Å². The number of hydrogen-bond acceptors (Lipinski definition) is 3. The fourth-order valence-corrected chi connectivity index (χ4v) is 2.76. The molecule has 2 N–H and O–H groups in total. The van der Waals surface area contributed by atoms with Crippen LogP contribution in [0.25, 0.3) is 0 Å². The molecule has 0 aliphatic carbocycles. The second-order valence-corrected chi connectivity index (χ2v) is 6.77. The summed E-state index contributed by atoms with van der Waals surface area (Å²) in [6, 6.07) is 7.45. The second kappa shape index (κ2) is 6.90. The zero-order valence-electron chi connectivity index (χ0n) is 11.4. The molecule has 1 aromatic carbocycles. The van der Waals surface area contributed by atoms with Gasteiger partial charge in [0.25, 0.3) is 0 Å². The highest BCUT2D eigenvalue weighted by Crippen LogP contribution is 2.22. The molecule has 1 atom stereocenters. The van der Waals surface area contributed by atoms with E-state index in [4.69, 9.17) is 10.5 Å². The summed E-state index contributed by atoms with van der Waals surface area (Å²) >= 11 is 0. The van der Waals surface area contributed by atoms with Crippen LogP contribution in [0.3, 0.4) is 0 Å². The SMILES string of the molecule is COc1cccc(S(=O)CCCC(C)(C)CN)c1. The monoisotopic (exact) mass is 269 g/mol. The van der Waals surface area contributed by atoms with Crippen molar-refractivity contribution in [2.24, 2.45) is 11.1 Å². The van der Waals surface area contributed by atoms with Crippen molar-refractivity contribution in [3.8, 4) is 5.75 Å². The smallest absolute Gasteiger partial charge is 0.120 e.